The molecule has 0 atom stereocenters. The molecule has 1 aliphatic carbocycles. The maximum Gasteiger partial charge on any atom is 0.267 e. The Labute approximate surface area is 90.6 Å². The topological polar surface area (TPSA) is 34.0 Å². The Kier molecular flexibility index (Phi) is 1.60. The van der Waals surface area contributed by atoms with Crippen LogP contribution in [0.5, 0.6) is 0 Å². The maximum atomic E-state index is 11.7. The Morgan fingerprint density at radius 2 is 2.29 bits per heavy atom. The van der Waals surface area contributed by atoms with Crippen LogP contribution in [0.15, 0.2) is 16.7 Å². The molecule has 1 amide bonds. The number of fused-ring (bicyclic) bond motifs is 1. The summed E-state index contributed by atoms with van der Waals surface area (Å²) < 4.78 is 3.06. The number of halogens is 1. The number of rotatable bonds is 0. The molecule has 0 radical (unpaired) electrons. The number of hydrogen-bond acceptors (Lipinski definition) is 1. The van der Waals surface area contributed by atoms with Crippen LogP contribution in [0.4, 0.5) is 0 Å². The Balaban J connectivity index is 2.06. The SMILES string of the molecule is O=C1NCC2(CC2)Cn2cc(Br)cc21. The first kappa shape index (κ1) is 8.53. The normalized spacial score (nSPS) is 22.8. The predicted octanol–water partition coefficient (Wildman–Crippen LogP) is 1.77. The molecule has 1 aromatic heterocycles. The van der Waals surface area contributed by atoms with Crippen molar-refractivity contribution in [1.29, 1.82) is 0 Å². The van der Waals surface area contributed by atoms with Crippen LogP contribution in [0.2, 0.25) is 0 Å². The van der Waals surface area contributed by atoms with E-state index in [1.54, 1.807) is 0 Å². The molecule has 74 valence electrons. The number of hydrogen-bond donors (Lipinski definition) is 1. The van der Waals surface area contributed by atoms with Crippen LogP contribution >= 0.6 is 15.9 Å². The standard InChI is InChI=1S/C10H11BrN2O/c11-7-3-8-9(14)12-5-10(1-2-10)6-13(8)4-7/h3-4H,1-2,5-6H2,(H,12,14). The molecule has 2 heterocycles. The van der Waals surface area contributed by atoms with Crippen LogP contribution in [0, 0.1) is 5.41 Å². The first-order valence-electron chi connectivity index (χ1n) is 4.82. The molecule has 1 aromatic rings. The molecule has 4 heteroatoms. The van der Waals surface area contributed by atoms with Crippen LogP contribution < -0.4 is 5.32 Å². The summed E-state index contributed by atoms with van der Waals surface area (Å²) in [5, 5.41) is 2.99. The van der Waals surface area contributed by atoms with Crippen LogP contribution in [0.1, 0.15) is 23.3 Å². The van der Waals surface area contributed by atoms with Gasteiger partial charge in [0.1, 0.15) is 5.69 Å². The summed E-state index contributed by atoms with van der Waals surface area (Å²) in [7, 11) is 0. The zero-order valence-corrected chi connectivity index (χ0v) is 9.30. The lowest BCUT2D eigenvalue weighted by molar-refractivity contribution is 0.0947. The van der Waals surface area contributed by atoms with Gasteiger partial charge in [-0.3, -0.25) is 4.79 Å². The van der Waals surface area contributed by atoms with E-state index >= 15 is 0 Å². The van der Waals surface area contributed by atoms with Gasteiger partial charge in [-0.25, -0.2) is 0 Å². The molecule has 1 saturated carbocycles. The molecule has 1 N–H and O–H groups in total. The van der Waals surface area contributed by atoms with Gasteiger partial charge >= 0.3 is 0 Å². The first-order chi connectivity index (χ1) is 6.69. The third-order valence-corrected chi connectivity index (χ3v) is 3.62. The molecule has 0 bridgehead atoms. The highest BCUT2D eigenvalue weighted by atomic mass is 79.9. The third kappa shape index (κ3) is 1.21. The van der Waals surface area contributed by atoms with Crippen molar-refractivity contribution in [2.75, 3.05) is 6.54 Å². The van der Waals surface area contributed by atoms with Gasteiger partial charge in [0, 0.05) is 29.2 Å². The quantitative estimate of drug-likeness (QED) is 0.753. The summed E-state index contributed by atoms with van der Waals surface area (Å²) in [4.78, 5) is 11.7. The molecule has 0 unspecified atom stereocenters. The van der Waals surface area contributed by atoms with Crippen molar-refractivity contribution in [3.63, 3.8) is 0 Å². The van der Waals surface area contributed by atoms with Crippen molar-refractivity contribution >= 4 is 21.8 Å². The summed E-state index contributed by atoms with van der Waals surface area (Å²) in [6.45, 7) is 1.82. The molecule has 2 aliphatic rings. The van der Waals surface area contributed by atoms with Gasteiger partial charge in [-0.05, 0) is 34.8 Å². The fourth-order valence-electron chi connectivity index (χ4n) is 2.08. The van der Waals surface area contributed by atoms with Crippen LogP contribution in [0.25, 0.3) is 0 Å². The molecule has 14 heavy (non-hydrogen) atoms. The van der Waals surface area contributed by atoms with E-state index in [1.165, 1.54) is 12.8 Å². The average molecular weight is 255 g/mol. The van der Waals surface area contributed by atoms with E-state index in [9.17, 15) is 4.79 Å². The van der Waals surface area contributed by atoms with Crippen molar-refractivity contribution < 1.29 is 4.79 Å². The van der Waals surface area contributed by atoms with Crippen LogP contribution in [0.3, 0.4) is 0 Å². The molecular formula is C10H11BrN2O. The highest BCUT2D eigenvalue weighted by Crippen LogP contribution is 2.47. The number of nitrogens with zero attached hydrogens (tertiary/aromatic N) is 1. The van der Waals surface area contributed by atoms with Gasteiger partial charge in [-0.15, -0.1) is 0 Å². The van der Waals surface area contributed by atoms with Crippen molar-refractivity contribution in [2.24, 2.45) is 5.41 Å². The highest BCUT2D eigenvalue weighted by molar-refractivity contribution is 9.10. The van der Waals surface area contributed by atoms with E-state index in [0.717, 1.165) is 23.3 Å². The second kappa shape index (κ2) is 2.63. The van der Waals surface area contributed by atoms with Gasteiger partial charge in [0.25, 0.3) is 5.91 Å². The lowest BCUT2D eigenvalue weighted by Gasteiger charge is -2.11. The maximum absolute atomic E-state index is 11.7. The predicted molar refractivity (Wildman–Crippen MR) is 56.1 cm³/mol. The van der Waals surface area contributed by atoms with E-state index in [1.807, 2.05) is 12.3 Å². The minimum absolute atomic E-state index is 0.0551. The summed E-state index contributed by atoms with van der Waals surface area (Å²) in [5.41, 5.74) is 1.14. The van der Waals surface area contributed by atoms with E-state index in [2.05, 4.69) is 25.8 Å². The van der Waals surface area contributed by atoms with E-state index < -0.39 is 0 Å². The van der Waals surface area contributed by atoms with Gasteiger partial charge in [-0.2, -0.15) is 0 Å². The van der Waals surface area contributed by atoms with Crippen molar-refractivity contribution in [3.8, 4) is 0 Å². The molecule has 3 nitrogen and oxygen atoms in total. The van der Waals surface area contributed by atoms with Gasteiger partial charge in [0.05, 0.1) is 0 Å². The van der Waals surface area contributed by atoms with Crippen LogP contribution in [-0.4, -0.2) is 17.0 Å². The Morgan fingerprint density at radius 1 is 1.50 bits per heavy atom. The summed E-state index contributed by atoms with van der Waals surface area (Å²) in [5.74, 6) is 0.0551. The molecule has 1 spiro atoms. The highest BCUT2D eigenvalue weighted by Gasteiger charge is 2.45. The fraction of sp³-hybridized carbons (Fsp3) is 0.500. The fourth-order valence-corrected chi connectivity index (χ4v) is 2.55. The Hall–Kier alpha value is -0.770. The zero-order chi connectivity index (χ0) is 9.76. The third-order valence-electron chi connectivity index (χ3n) is 3.18. The first-order valence-corrected chi connectivity index (χ1v) is 5.62. The molecule has 0 saturated heterocycles. The number of aromatic nitrogens is 1. The minimum Gasteiger partial charge on any atom is -0.350 e. The lowest BCUT2D eigenvalue weighted by atomic mass is 10.1. The number of carbonyl (C=O) groups is 1. The van der Waals surface area contributed by atoms with Crippen molar-refractivity contribution in [3.05, 3.63) is 22.4 Å². The lowest BCUT2D eigenvalue weighted by Crippen LogP contribution is -2.27. The van der Waals surface area contributed by atoms with E-state index in [0.29, 0.717) is 5.41 Å². The minimum atomic E-state index is 0.0551. The zero-order valence-electron chi connectivity index (χ0n) is 7.72. The number of nitrogens with one attached hydrogen (secondary N) is 1. The van der Waals surface area contributed by atoms with Crippen LogP contribution in [-0.2, 0) is 6.54 Å². The second-order valence-corrected chi connectivity index (χ2v) is 5.27. The average Bonchev–Trinajstić information content (AvgIpc) is 2.82. The van der Waals surface area contributed by atoms with E-state index in [-0.39, 0.29) is 5.91 Å². The summed E-state index contributed by atoms with van der Waals surface area (Å²) >= 11 is 3.40. The van der Waals surface area contributed by atoms with Gasteiger partial charge < -0.3 is 9.88 Å². The molecule has 1 fully saturated rings. The molecule has 3 rings (SSSR count). The van der Waals surface area contributed by atoms with E-state index in [4.69, 9.17) is 0 Å². The summed E-state index contributed by atoms with van der Waals surface area (Å²) in [6, 6.07) is 1.89. The molecule has 0 aromatic carbocycles. The second-order valence-electron chi connectivity index (χ2n) is 4.35. The number of amides is 1. The van der Waals surface area contributed by atoms with Crippen molar-refractivity contribution in [2.45, 2.75) is 19.4 Å². The summed E-state index contributed by atoms with van der Waals surface area (Å²) in [6.07, 6.45) is 4.48. The van der Waals surface area contributed by atoms with Gasteiger partial charge in [-0.1, -0.05) is 0 Å². The van der Waals surface area contributed by atoms with Gasteiger partial charge in [0.15, 0.2) is 0 Å². The van der Waals surface area contributed by atoms with Crippen molar-refractivity contribution in [1.82, 2.24) is 9.88 Å². The van der Waals surface area contributed by atoms with Gasteiger partial charge in [0.2, 0.25) is 0 Å². The monoisotopic (exact) mass is 254 g/mol. The largest absolute Gasteiger partial charge is 0.350 e. The molecular weight excluding hydrogens is 244 g/mol. The smallest absolute Gasteiger partial charge is 0.267 e. The Morgan fingerprint density at radius 3 is 3.00 bits per heavy atom. The number of carbonyl (C=O) groups excluding carboxylic acids is 1. The molecule has 1 aliphatic heterocycles. The Bertz CT molecular complexity index is 406.